The third-order valence-corrected chi connectivity index (χ3v) is 3.17. The first-order chi connectivity index (χ1) is 7.69. The SMILES string of the molecule is NCC1CCN(Cc2ccc(O)cc2O)C1. The molecular formula is C12H18N2O2. The Bertz CT molecular complexity index is 368. The summed E-state index contributed by atoms with van der Waals surface area (Å²) in [5.74, 6) is 0.845. The van der Waals surface area contributed by atoms with E-state index < -0.39 is 0 Å². The van der Waals surface area contributed by atoms with Crippen LogP contribution >= 0.6 is 0 Å². The van der Waals surface area contributed by atoms with Gasteiger partial charge in [-0.3, -0.25) is 4.90 Å². The van der Waals surface area contributed by atoms with E-state index in [9.17, 15) is 10.2 Å². The highest BCUT2D eigenvalue weighted by Gasteiger charge is 2.21. The average molecular weight is 222 g/mol. The molecule has 0 amide bonds. The molecule has 4 N–H and O–H groups in total. The highest BCUT2D eigenvalue weighted by atomic mass is 16.3. The summed E-state index contributed by atoms with van der Waals surface area (Å²) in [6.07, 6.45) is 1.13. The van der Waals surface area contributed by atoms with Crippen molar-refractivity contribution in [2.24, 2.45) is 11.7 Å². The maximum absolute atomic E-state index is 9.66. The number of likely N-dealkylation sites (tertiary alicyclic amines) is 1. The fourth-order valence-electron chi connectivity index (χ4n) is 2.18. The minimum Gasteiger partial charge on any atom is -0.508 e. The normalized spacial score (nSPS) is 21.4. The number of nitrogens with two attached hydrogens (primary N) is 1. The van der Waals surface area contributed by atoms with Gasteiger partial charge in [0.25, 0.3) is 0 Å². The zero-order valence-electron chi connectivity index (χ0n) is 9.26. The molecule has 0 radical (unpaired) electrons. The number of aromatic hydroxyl groups is 2. The fourth-order valence-corrected chi connectivity index (χ4v) is 2.18. The lowest BCUT2D eigenvalue weighted by Crippen LogP contribution is -2.22. The maximum Gasteiger partial charge on any atom is 0.123 e. The number of hydrogen-bond acceptors (Lipinski definition) is 4. The summed E-state index contributed by atoms with van der Waals surface area (Å²) in [6.45, 7) is 3.49. The van der Waals surface area contributed by atoms with E-state index >= 15 is 0 Å². The Balaban J connectivity index is 1.99. The van der Waals surface area contributed by atoms with E-state index in [0.29, 0.717) is 5.92 Å². The predicted octanol–water partition coefficient (Wildman–Crippen LogP) is 0.878. The quantitative estimate of drug-likeness (QED) is 0.710. The van der Waals surface area contributed by atoms with Crippen molar-refractivity contribution in [1.82, 2.24) is 4.90 Å². The molecule has 2 rings (SSSR count). The van der Waals surface area contributed by atoms with E-state index in [1.54, 1.807) is 12.1 Å². The van der Waals surface area contributed by atoms with Crippen molar-refractivity contribution in [2.75, 3.05) is 19.6 Å². The Labute approximate surface area is 95.3 Å². The lowest BCUT2D eigenvalue weighted by atomic mass is 10.1. The number of phenols is 2. The van der Waals surface area contributed by atoms with Gasteiger partial charge in [0.05, 0.1) is 0 Å². The van der Waals surface area contributed by atoms with Gasteiger partial charge in [0, 0.05) is 24.7 Å². The standard InChI is InChI=1S/C12H18N2O2/c13-6-9-3-4-14(7-9)8-10-1-2-11(15)5-12(10)16/h1-2,5,9,15-16H,3-4,6-8,13H2. The minimum absolute atomic E-state index is 0.0995. The summed E-state index contributed by atoms with van der Waals surface area (Å²) in [7, 11) is 0. The molecule has 1 aromatic rings. The molecule has 0 spiro atoms. The Morgan fingerprint density at radius 3 is 2.81 bits per heavy atom. The van der Waals surface area contributed by atoms with Crippen LogP contribution in [0, 0.1) is 5.92 Å². The maximum atomic E-state index is 9.66. The number of hydrogen-bond donors (Lipinski definition) is 3. The van der Waals surface area contributed by atoms with Crippen LogP contribution in [-0.2, 0) is 6.54 Å². The van der Waals surface area contributed by atoms with Crippen LogP contribution in [0.1, 0.15) is 12.0 Å². The lowest BCUT2D eigenvalue weighted by molar-refractivity contribution is 0.311. The van der Waals surface area contributed by atoms with Crippen LogP contribution in [0.15, 0.2) is 18.2 Å². The predicted molar refractivity (Wildman–Crippen MR) is 62.2 cm³/mol. The van der Waals surface area contributed by atoms with Crippen molar-refractivity contribution in [3.8, 4) is 11.5 Å². The number of nitrogens with zero attached hydrogens (tertiary/aromatic N) is 1. The van der Waals surface area contributed by atoms with E-state index in [1.807, 2.05) is 0 Å². The Morgan fingerprint density at radius 2 is 2.19 bits per heavy atom. The van der Waals surface area contributed by atoms with Gasteiger partial charge in [-0.05, 0) is 31.5 Å². The van der Waals surface area contributed by atoms with Gasteiger partial charge in [0.1, 0.15) is 11.5 Å². The monoisotopic (exact) mass is 222 g/mol. The molecular weight excluding hydrogens is 204 g/mol. The van der Waals surface area contributed by atoms with Crippen molar-refractivity contribution in [2.45, 2.75) is 13.0 Å². The number of phenolic OH excluding ortho intramolecular Hbond substituents is 2. The summed E-state index contributed by atoms with van der Waals surface area (Å²) < 4.78 is 0. The molecule has 0 aromatic heterocycles. The van der Waals surface area contributed by atoms with Crippen LogP contribution in [0.2, 0.25) is 0 Å². The second-order valence-corrected chi connectivity index (χ2v) is 4.44. The molecule has 1 heterocycles. The van der Waals surface area contributed by atoms with Gasteiger partial charge in [0.2, 0.25) is 0 Å². The minimum atomic E-state index is 0.0995. The highest BCUT2D eigenvalue weighted by Crippen LogP contribution is 2.25. The molecule has 0 bridgehead atoms. The van der Waals surface area contributed by atoms with Gasteiger partial charge >= 0.3 is 0 Å². The van der Waals surface area contributed by atoms with E-state index in [2.05, 4.69) is 4.90 Å². The smallest absolute Gasteiger partial charge is 0.123 e. The second kappa shape index (κ2) is 4.72. The van der Waals surface area contributed by atoms with Crippen molar-refractivity contribution >= 4 is 0 Å². The third-order valence-electron chi connectivity index (χ3n) is 3.17. The molecule has 4 nitrogen and oxygen atoms in total. The highest BCUT2D eigenvalue weighted by molar-refractivity contribution is 5.38. The van der Waals surface area contributed by atoms with Gasteiger partial charge in [0.15, 0.2) is 0 Å². The van der Waals surface area contributed by atoms with Crippen LogP contribution in [-0.4, -0.2) is 34.7 Å². The zero-order valence-corrected chi connectivity index (χ0v) is 9.26. The van der Waals surface area contributed by atoms with Gasteiger partial charge in [-0.25, -0.2) is 0 Å². The summed E-state index contributed by atoms with van der Waals surface area (Å²) in [5, 5.41) is 18.9. The van der Waals surface area contributed by atoms with Crippen molar-refractivity contribution in [3.63, 3.8) is 0 Å². The second-order valence-electron chi connectivity index (χ2n) is 4.44. The summed E-state index contributed by atoms with van der Waals surface area (Å²) in [6, 6.07) is 4.75. The summed E-state index contributed by atoms with van der Waals surface area (Å²) in [4.78, 5) is 2.28. The topological polar surface area (TPSA) is 69.7 Å². The van der Waals surface area contributed by atoms with Crippen LogP contribution < -0.4 is 5.73 Å². The molecule has 1 aromatic carbocycles. The van der Waals surface area contributed by atoms with Gasteiger partial charge in [-0.15, -0.1) is 0 Å². The first-order valence-electron chi connectivity index (χ1n) is 5.62. The van der Waals surface area contributed by atoms with Crippen LogP contribution in [0.3, 0.4) is 0 Å². The molecule has 1 saturated heterocycles. The third kappa shape index (κ3) is 2.46. The Kier molecular flexibility index (Phi) is 3.31. The molecule has 1 atom stereocenters. The molecule has 1 aliphatic heterocycles. The van der Waals surface area contributed by atoms with E-state index in [1.165, 1.54) is 6.07 Å². The largest absolute Gasteiger partial charge is 0.508 e. The van der Waals surface area contributed by atoms with E-state index in [-0.39, 0.29) is 11.5 Å². The van der Waals surface area contributed by atoms with Crippen LogP contribution in [0.25, 0.3) is 0 Å². The zero-order chi connectivity index (χ0) is 11.5. The molecule has 0 saturated carbocycles. The van der Waals surface area contributed by atoms with Gasteiger partial charge in [-0.2, -0.15) is 0 Å². The van der Waals surface area contributed by atoms with E-state index in [4.69, 9.17) is 5.73 Å². The average Bonchev–Trinajstić information content (AvgIpc) is 2.70. The molecule has 0 aliphatic carbocycles. The molecule has 1 fully saturated rings. The first-order valence-corrected chi connectivity index (χ1v) is 5.62. The number of benzene rings is 1. The first kappa shape index (κ1) is 11.2. The molecule has 1 aliphatic rings. The Hall–Kier alpha value is -1.26. The lowest BCUT2D eigenvalue weighted by Gasteiger charge is -2.16. The van der Waals surface area contributed by atoms with Crippen LogP contribution in [0.5, 0.6) is 11.5 Å². The molecule has 4 heteroatoms. The fraction of sp³-hybridized carbons (Fsp3) is 0.500. The van der Waals surface area contributed by atoms with Crippen LogP contribution in [0.4, 0.5) is 0 Å². The summed E-state index contributed by atoms with van der Waals surface area (Å²) >= 11 is 0. The van der Waals surface area contributed by atoms with Gasteiger partial charge < -0.3 is 15.9 Å². The van der Waals surface area contributed by atoms with E-state index in [0.717, 1.165) is 38.2 Å². The van der Waals surface area contributed by atoms with Crippen molar-refractivity contribution in [1.29, 1.82) is 0 Å². The summed E-state index contributed by atoms with van der Waals surface area (Å²) in [5.41, 5.74) is 6.49. The Morgan fingerprint density at radius 1 is 1.38 bits per heavy atom. The van der Waals surface area contributed by atoms with Crippen molar-refractivity contribution < 1.29 is 10.2 Å². The molecule has 88 valence electrons. The number of rotatable bonds is 3. The molecule has 1 unspecified atom stereocenters. The van der Waals surface area contributed by atoms with Crippen molar-refractivity contribution in [3.05, 3.63) is 23.8 Å². The molecule has 16 heavy (non-hydrogen) atoms. The van der Waals surface area contributed by atoms with Gasteiger partial charge in [-0.1, -0.05) is 6.07 Å².